The van der Waals surface area contributed by atoms with Crippen molar-refractivity contribution in [3.63, 3.8) is 0 Å². The maximum Gasteiger partial charge on any atom is 0.109 e. The van der Waals surface area contributed by atoms with Crippen molar-refractivity contribution in [2.75, 3.05) is 19.9 Å². The predicted octanol–water partition coefficient (Wildman–Crippen LogP) is 2.21. The lowest BCUT2D eigenvalue weighted by molar-refractivity contribution is 0.103. The average molecular weight is 200 g/mol. The molecule has 0 aromatic rings. The van der Waals surface area contributed by atoms with Crippen LogP contribution in [0.5, 0.6) is 0 Å². The molecule has 0 saturated heterocycles. The summed E-state index contributed by atoms with van der Waals surface area (Å²) in [5.41, 5.74) is 6.06. The molecule has 0 bridgehead atoms. The smallest absolute Gasteiger partial charge is 0.109 e. The van der Waals surface area contributed by atoms with Crippen molar-refractivity contribution in [2.24, 2.45) is 0 Å². The SMILES string of the molecule is C=CCCCCCOCNNCCC. The van der Waals surface area contributed by atoms with E-state index in [1.807, 2.05) is 6.08 Å². The fraction of sp³-hybridized carbons (Fsp3) is 0.818. The van der Waals surface area contributed by atoms with E-state index >= 15 is 0 Å². The Morgan fingerprint density at radius 1 is 1.21 bits per heavy atom. The van der Waals surface area contributed by atoms with Crippen LogP contribution in [0.1, 0.15) is 39.0 Å². The Morgan fingerprint density at radius 3 is 2.79 bits per heavy atom. The van der Waals surface area contributed by atoms with Crippen LogP contribution in [-0.4, -0.2) is 19.9 Å². The number of allylic oxidation sites excluding steroid dienone is 1. The van der Waals surface area contributed by atoms with Gasteiger partial charge in [-0.3, -0.25) is 5.43 Å². The van der Waals surface area contributed by atoms with Gasteiger partial charge in [-0.25, -0.2) is 5.43 Å². The molecule has 0 aromatic heterocycles. The van der Waals surface area contributed by atoms with Crippen molar-refractivity contribution in [1.82, 2.24) is 10.9 Å². The summed E-state index contributed by atoms with van der Waals surface area (Å²) in [4.78, 5) is 0. The van der Waals surface area contributed by atoms with Crippen molar-refractivity contribution < 1.29 is 4.74 Å². The lowest BCUT2D eigenvalue weighted by Gasteiger charge is -2.06. The molecular formula is C11H24N2O. The van der Waals surface area contributed by atoms with Gasteiger partial charge in [0.15, 0.2) is 0 Å². The van der Waals surface area contributed by atoms with Gasteiger partial charge in [-0.2, -0.15) is 0 Å². The third kappa shape index (κ3) is 11.6. The zero-order valence-corrected chi connectivity index (χ0v) is 9.35. The van der Waals surface area contributed by atoms with E-state index in [1.54, 1.807) is 0 Å². The molecule has 0 amide bonds. The Bertz CT molecular complexity index is 118. The van der Waals surface area contributed by atoms with Crippen molar-refractivity contribution in [1.29, 1.82) is 0 Å². The molecule has 84 valence electrons. The van der Waals surface area contributed by atoms with Crippen LogP contribution in [-0.2, 0) is 4.74 Å². The van der Waals surface area contributed by atoms with E-state index in [1.165, 1.54) is 12.8 Å². The Hall–Kier alpha value is -0.380. The summed E-state index contributed by atoms with van der Waals surface area (Å²) >= 11 is 0. The monoisotopic (exact) mass is 200 g/mol. The Kier molecular flexibility index (Phi) is 12.3. The zero-order valence-electron chi connectivity index (χ0n) is 9.35. The average Bonchev–Trinajstić information content (AvgIpc) is 2.21. The number of hydrogen-bond acceptors (Lipinski definition) is 3. The first-order chi connectivity index (χ1) is 6.91. The highest BCUT2D eigenvalue weighted by molar-refractivity contribution is 4.65. The molecule has 0 fully saturated rings. The minimum absolute atomic E-state index is 0.599. The van der Waals surface area contributed by atoms with Crippen LogP contribution in [0.2, 0.25) is 0 Å². The Balaban J connectivity index is 2.81. The largest absolute Gasteiger partial charge is 0.365 e. The molecule has 2 N–H and O–H groups in total. The van der Waals surface area contributed by atoms with E-state index in [2.05, 4.69) is 24.4 Å². The van der Waals surface area contributed by atoms with Gasteiger partial charge in [-0.15, -0.1) is 6.58 Å². The third-order valence-corrected chi connectivity index (χ3v) is 1.87. The van der Waals surface area contributed by atoms with E-state index in [9.17, 15) is 0 Å². The van der Waals surface area contributed by atoms with Crippen LogP contribution in [0.15, 0.2) is 12.7 Å². The highest BCUT2D eigenvalue weighted by Gasteiger charge is 1.88. The van der Waals surface area contributed by atoms with E-state index in [0.29, 0.717) is 6.73 Å². The topological polar surface area (TPSA) is 33.3 Å². The summed E-state index contributed by atoms with van der Waals surface area (Å²) in [7, 11) is 0. The number of rotatable bonds is 11. The molecule has 0 spiro atoms. The summed E-state index contributed by atoms with van der Waals surface area (Å²) in [6.07, 6.45) is 7.83. The van der Waals surface area contributed by atoms with E-state index < -0.39 is 0 Å². The van der Waals surface area contributed by atoms with Gasteiger partial charge < -0.3 is 4.74 Å². The van der Waals surface area contributed by atoms with Crippen molar-refractivity contribution in [3.8, 4) is 0 Å². The Labute approximate surface area is 87.9 Å². The lowest BCUT2D eigenvalue weighted by Crippen LogP contribution is -2.34. The van der Waals surface area contributed by atoms with Gasteiger partial charge in [0.05, 0.1) is 0 Å². The van der Waals surface area contributed by atoms with Crippen molar-refractivity contribution in [3.05, 3.63) is 12.7 Å². The molecule has 0 aliphatic carbocycles. The quantitative estimate of drug-likeness (QED) is 0.232. The molecule has 0 radical (unpaired) electrons. The fourth-order valence-corrected chi connectivity index (χ4v) is 1.06. The first-order valence-electron chi connectivity index (χ1n) is 5.56. The van der Waals surface area contributed by atoms with Gasteiger partial charge >= 0.3 is 0 Å². The fourth-order valence-electron chi connectivity index (χ4n) is 1.06. The standard InChI is InChI=1S/C11H24N2O/c1-3-5-6-7-8-10-14-11-13-12-9-4-2/h3,12-13H,1,4-11H2,2H3. The second-order valence-electron chi connectivity index (χ2n) is 3.29. The molecule has 0 atom stereocenters. The van der Waals surface area contributed by atoms with Crippen LogP contribution in [0.3, 0.4) is 0 Å². The van der Waals surface area contributed by atoms with Gasteiger partial charge in [0.1, 0.15) is 6.73 Å². The maximum atomic E-state index is 5.36. The van der Waals surface area contributed by atoms with Crippen LogP contribution in [0.25, 0.3) is 0 Å². The molecule has 0 aromatic carbocycles. The number of nitrogens with one attached hydrogen (secondary N) is 2. The molecule has 3 nitrogen and oxygen atoms in total. The maximum absolute atomic E-state index is 5.36. The van der Waals surface area contributed by atoms with E-state index in [-0.39, 0.29) is 0 Å². The molecule has 0 aliphatic rings. The Morgan fingerprint density at radius 2 is 2.07 bits per heavy atom. The number of unbranched alkanes of at least 4 members (excludes halogenated alkanes) is 3. The summed E-state index contributed by atoms with van der Waals surface area (Å²) in [6, 6.07) is 0. The van der Waals surface area contributed by atoms with Crippen molar-refractivity contribution >= 4 is 0 Å². The van der Waals surface area contributed by atoms with Gasteiger partial charge in [0.25, 0.3) is 0 Å². The first-order valence-corrected chi connectivity index (χ1v) is 5.56. The minimum atomic E-state index is 0.599. The van der Waals surface area contributed by atoms with E-state index in [4.69, 9.17) is 4.74 Å². The number of hydrazine groups is 1. The highest BCUT2D eigenvalue weighted by Crippen LogP contribution is 1.99. The van der Waals surface area contributed by atoms with Crippen LogP contribution in [0.4, 0.5) is 0 Å². The number of ether oxygens (including phenoxy) is 1. The molecule has 0 unspecified atom stereocenters. The molecule has 14 heavy (non-hydrogen) atoms. The summed E-state index contributed by atoms with van der Waals surface area (Å²) in [5.74, 6) is 0. The summed E-state index contributed by atoms with van der Waals surface area (Å²) in [5, 5.41) is 0. The molecule has 0 rings (SSSR count). The molecule has 0 heterocycles. The zero-order chi connectivity index (χ0) is 10.5. The minimum Gasteiger partial charge on any atom is -0.365 e. The van der Waals surface area contributed by atoms with Crippen molar-refractivity contribution in [2.45, 2.75) is 39.0 Å². The second-order valence-corrected chi connectivity index (χ2v) is 3.29. The second kappa shape index (κ2) is 12.6. The molecule has 3 heteroatoms. The molecular weight excluding hydrogens is 176 g/mol. The highest BCUT2D eigenvalue weighted by atomic mass is 16.5. The molecule has 0 saturated carbocycles. The molecule has 0 aliphatic heterocycles. The van der Waals surface area contributed by atoms with Gasteiger partial charge in [0, 0.05) is 13.2 Å². The van der Waals surface area contributed by atoms with Crippen LogP contribution in [0, 0.1) is 0 Å². The summed E-state index contributed by atoms with van der Waals surface area (Å²) in [6.45, 7) is 8.25. The van der Waals surface area contributed by atoms with Crippen LogP contribution >= 0.6 is 0 Å². The normalized spacial score (nSPS) is 10.4. The van der Waals surface area contributed by atoms with Gasteiger partial charge in [-0.1, -0.05) is 19.4 Å². The lowest BCUT2D eigenvalue weighted by atomic mass is 10.2. The summed E-state index contributed by atoms with van der Waals surface area (Å²) < 4.78 is 5.36. The van der Waals surface area contributed by atoms with E-state index in [0.717, 1.165) is 32.4 Å². The van der Waals surface area contributed by atoms with Gasteiger partial charge in [-0.05, 0) is 25.7 Å². The number of hydrogen-bond donors (Lipinski definition) is 2. The first kappa shape index (κ1) is 13.6. The van der Waals surface area contributed by atoms with Crippen LogP contribution < -0.4 is 10.9 Å². The third-order valence-electron chi connectivity index (χ3n) is 1.87. The van der Waals surface area contributed by atoms with Gasteiger partial charge in [0.2, 0.25) is 0 Å². The predicted molar refractivity (Wildman–Crippen MR) is 60.9 cm³/mol.